The van der Waals surface area contributed by atoms with Gasteiger partial charge in [-0.15, -0.1) is 0 Å². The van der Waals surface area contributed by atoms with Gasteiger partial charge in [0.2, 0.25) is 10.0 Å². The Kier molecular flexibility index (Phi) is 4.39. The van der Waals surface area contributed by atoms with E-state index in [1.807, 2.05) is 13.0 Å². The number of rotatable bonds is 4. The van der Waals surface area contributed by atoms with Crippen molar-refractivity contribution in [1.29, 1.82) is 0 Å². The number of likely N-dealkylation sites (tertiary alicyclic amines) is 1. The number of pyridine rings is 1. The molecule has 23 heavy (non-hydrogen) atoms. The molecule has 0 aromatic carbocycles. The number of fused-ring (bicyclic) bond motifs is 1. The minimum Gasteiger partial charge on any atom is -0.376 e. The fourth-order valence-corrected chi connectivity index (χ4v) is 3.73. The van der Waals surface area contributed by atoms with Gasteiger partial charge >= 0.3 is 0 Å². The van der Waals surface area contributed by atoms with Crippen LogP contribution in [0, 0.1) is 18.8 Å². The maximum absolute atomic E-state index is 12.5. The van der Waals surface area contributed by atoms with Crippen LogP contribution in [0.15, 0.2) is 18.3 Å². The van der Waals surface area contributed by atoms with Gasteiger partial charge in [0.25, 0.3) is 5.91 Å². The number of amides is 1. The van der Waals surface area contributed by atoms with Crippen molar-refractivity contribution >= 4 is 15.9 Å². The first-order chi connectivity index (χ1) is 10.8. The predicted octanol–water partition coefficient (Wildman–Crippen LogP) is 0.0262. The number of hydrogen-bond donors (Lipinski definition) is 1. The Hall–Kier alpha value is -1.51. The molecule has 1 aromatic heterocycles. The van der Waals surface area contributed by atoms with Crippen LogP contribution in [-0.2, 0) is 14.8 Å². The molecule has 2 fully saturated rings. The molecule has 1 N–H and O–H groups in total. The van der Waals surface area contributed by atoms with Gasteiger partial charge in [0.15, 0.2) is 0 Å². The van der Waals surface area contributed by atoms with Crippen LogP contribution in [0.1, 0.15) is 16.1 Å². The number of sulfonamides is 1. The normalized spacial score (nSPS) is 27.2. The third kappa shape index (κ3) is 3.70. The van der Waals surface area contributed by atoms with E-state index in [4.69, 9.17) is 4.74 Å². The first-order valence-electron chi connectivity index (χ1n) is 7.61. The first kappa shape index (κ1) is 16.4. The second-order valence-electron chi connectivity index (χ2n) is 6.31. The van der Waals surface area contributed by atoms with Crippen molar-refractivity contribution in [2.45, 2.75) is 13.0 Å². The van der Waals surface area contributed by atoms with Crippen molar-refractivity contribution in [2.75, 3.05) is 32.5 Å². The molecular weight excluding hydrogens is 318 g/mol. The zero-order valence-electron chi connectivity index (χ0n) is 13.2. The largest absolute Gasteiger partial charge is 0.376 e. The molecule has 1 aromatic rings. The van der Waals surface area contributed by atoms with Gasteiger partial charge in [0.05, 0.1) is 24.5 Å². The van der Waals surface area contributed by atoms with Crippen molar-refractivity contribution in [3.63, 3.8) is 0 Å². The van der Waals surface area contributed by atoms with Crippen LogP contribution < -0.4 is 4.72 Å². The van der Waals surface area contributed by atoms with Gasteiger partial charge in [-0.25, -0.2) is 13.1 Å². The number of hydrogen-bond acceptors (Lipinski definition) is 5. The molecule has 2 aliphatic rings. The third-order valence-corrected chi connectivity index (χ3v) is 5.18. The van der Waals surface area contributed by atoms with Gasteiger partial charge in [-0.05, 0) is 19.1 Å². The smallest absolute Gasteiger partial charge is 0.255 e. The number of nitrogens with one attached hydrogen (secondary N) is 1. The Morgan fingerprint density at radius 3 is 2.87 bits per heavy atom. The van der Waals surface area contributed by atoms with Gasteiger partial charge in [0.1, 0.15) is 0 Å². The SMILES string of the molecule is Cc1ccc(C(=O)N2C[C@H]3[C@H](CNS(C)(=O)=O)CO[C@H]3C2)cn1. The summed E-state index contributed by atoms with van der Waals surface area (Å²) in [5, 5.41) is 0. The summed E-state index contributed by atoms with van der Waals surface area (Å²) in [6.45, 7) is 3.90. The summed E-state index contributed by atoms with van der Waals surface area (Å²) in [5.41, 5.74) is 1.44. The van der Waals surface area contributed by atoms with Gasteiger partial charge in [0, 0.05) is 43.4 Å². The molecule has 0 bridgehead atoms. The molecule has 8 heteroatoms. The maximum Gasteiger partial charge on any atom is 0.255 e. The minimum absolute atomic E-state index is 0.0104. The molecule has 3 atom stereocenters. The lowest BCUT2D eigenvalue weighted by Gasteiger charge is -2.20. The molecule has 0 saturated carbocycles. The standard InChI is InChI=1S/C15H21N3O4S/c1-10-3-4-11(5-16-10)15(19)18-7-13-12(6-17-23(2,20)21)9-22-14(13)8-18/h3-5,12-14,17H,6-9H2,1-2H3/t12-,13+,14+/m1/s1. The molecule has 2 aliphatic heterocycles. The monoisotopic (exact) mass is 339 g/mol. The highest BCUT2D eigenvalue weighted by Crippen LogP contribution is 2.34. The summed E-state index contributed by atoms with van der Waals surface area (Å²) in [4.78, 5) is 18.5. The van der Waals surface area contributed by atoms with E-state index in [0.717, 1.165) is 11.9 Å². The summed E-state index contributed by atoms with van der Waals surface area (Å²) in [6.07, 6.45) is 2.73. The average Bonchev–Trinajstić information content (AvgIpc) is 3.05. The van der Waals surface area contributed by atoms with E-state index in [9.17, 15) is 13.2 Å². The van der Waals surface area contributed by atoms with Crippen LogP contribution in [0.3, 0.4) is 0 Å². The lowest BCUT2D eigenvalue weighted by atomic mass is 9.93. The summed E-state index contributed by atoms with van der Waals surface area (Å²) < 4.78 is 30.8. The summed E-state index contributed by atoms with van der Waals surface area (Å²) in [5.74, 6) is 0.223. The van der Waals surface area contributed by atoms with E-state index in [2.05, 4.69) is 9.71 Å². The molecular formula is C15H21N3O4S. The van der Waals surface area contributed by atoms with Crippen molar-refractivity contribution < 1.29 is 17.9 Å². The number of carbonyl (C=O) groups is 1. The second-order valence-corrected chi connectivity index (χ2v) is 8.15. The van der Waals surface area contributed by atoms with Crippen molar-refractivity contribution in [3.05, 3.63) is 29.6 Å². The Balaban J connectivity index is 1.63. The van der Waals surface area contributed by atoms with Crippen molar-refractivity contribution in [1.82, 2.24) is 14.6 Å². The van der Waals surface area contributed by atoms with E-state index < -0.39 is 10.0 Å². The lowest BCUT2D eigenvalue weighted by molar-refractivity contribution is 0.0678. The van der Waals surface area contributed by atoms with Gasteiger partial charge in [-0.1, -0.05) is 0 Å². The summed E-state index contributed by atoms with van der Waals surface area (Å²) >= 11 is 0. The Morgan fingerprint density at radius 2 is 2.22 bits per heavy atom. The van der Waals surface area contributed by atoms with Crippen LogP contribution in [0.5, 0.6) is 0 Å². The number of ether oxygens (including phenoxy) is 1. The summed E-state index contributed by atoms with van der Waals surface area (Å²) in [7, 11) is -3.21. The number of nitrogens with zero attached hydrogens (tertiary/aromatic N) is 2. The number of carbonyl (C=O) groups excluding carboxylic acids is 1. The highest BCUT2D eigenvalue weighted by Gasteiger charge is 2.45. The third-order valence-electron chi connectivity index (χ3n) is 4.49. The molecule has 3 rings (SSSR count). The van der Waals surface area contributed by atoms with Gasteiger partial charge < -0.3 is 9.64 Å². The van der Waals surface area contributed by atoms with Crippen molar-refractivity contribution in [2.24, 2.45) is 11.8 Å². The van der Waals surface area contributed by atoms with E-state index in [1.54, 1.807) is 17.2 Å². The maximum atomic E-state index is 12.5. The van der Waals surface area contributed by atoms with Gasteiger partial charge in [-0.3, -0.25) is 9.78 Å². The molecule has 0 spiro atoms. The lowest BCUT2D eigenvalue weighted by Crippen LogP contribution is -2.35. The van der Waals surface area contributed by atoms with Gasteiger partial charge in [-0.2, -0.15) is 0 Å². The molecule has 0 unspecified atom stereocenters. The zero-order chi connectivity index (χ0) is 16.6. The first-order valence-corrected chi connectivity index (χ1v) is 9.51. The highest BCUT2D eigenvalue weighted by molar-refractivity contribution is 7.88. The van der Waals surface area contributed by atoms with Crippen molar-refractivity contribution in [3.8, 4) is 0 Å². The Morgan fingerprint density at radius 1 is 1.43 bits per heavy atom. The Labute approximate surface area is 136 Å². The van der Waals surface area contributed by atoms with Crippen LogP contribution in [0.4, 0.5) is 0 Å². The van der Waals surface area contributed by atoms with E-state index in [0.29, 0.717) is 31.8 Å². The van der Waals surface area contributed by atoms with Crippen LogP contribution >= 0.6 is 0 Å². The van der Waals surface area contributed by atoms with E-state index in [-0.39, 0.29) is 23.8 Å². The highest BCUT2D eigenvalue weighted by atomic mass is 32.2. The van der Waals surface area contributed by atoms with E-state index in [1.165, 1.54) is 0 Å². The molecule has 0 radical (unpaired) electrons. The van der Waals surface area contributed by atoms with E-state index >= 15 is 0 Å². The number of aryl methyl sites for hydroxylation is 1. The molecule has 0 aliphatic carbocycles. The van der Waals surface area contributed by atoms with Crippen LogP contribution in [0.25, 0.3) is 0 Å². The minimum atomic E-state index is -3.21. The molecule has 3 heterocycles. The average molecular weight is 339 g/mol. The molecule has 7 nitrogen and oxygen atoms in total. The molecule has 1 amide bonds. The topological polar surface area (TPSA) is 88.6 Å². The quantitative estimate of drug-likeness (QED) is 0.836. The van der Waals surface area contributed by atoms with Crippen LogP contribution in [-0.4, -0.2) is 62.8 Å². The molecule has 2 saturated heterocycles. The predicted molar refractivity (Wildman–Crippen MR) is 84.4 cm³/mol. The summed E-state index contributed by atoms with van der Waals surface area (Å²) in [6, 6.07) is 3.60. The molecule has 126 valence electrons. The fraction of sp³-hybridized carbons (Fsp3) is 0.600. The Bertz CT molecular complexity index is 689. The number of aromatic nitrogens is 1. The second kappa shape index (κ2) is 6.18. The zero-order valence-corrected chi connectivity index (χ0v) is 14.0. The van der Waals surface area contributed by atoms with Crippen LogP contribution in [0.2, 0.25) is 0 Å². The fourth-order valence-electron chi connectivity index (χ4n) is 3.21.